The molecule has 41 heavy (non-hydrogen) atoms. The van der Waals surface area contributed by atoms with Crippen molar-refractivity contribution in [2.75, 3.05) is 6.61 Å². The molecule has 0 spiro atoms. The lowest BCUT2D eigenvalue weighted by Gasteiger charge is -2.39. The summed E-state index contributed by atoms with van der Waals surface area (Å²) in [6.07, 6.45) is 7.42. The molecule has 0 aliphatic heterocycles. The average Bonchev–Trinajstić information content (AvgIpc) is 3.31. The summed E-state index contributed by atoms with van der Waals surface area (Å²) in [5, 5.41) is 13.4. The summed E-state index contributed by atoms with van der Waals surface area (Å²) in [5.41, 5.74) is 9.33. The number of benzene rings is 1. The van der Waals surface area contributed by atoms with Crippen LogP contribution >= 0.6 is 0 Å². The van der Waals surface area contributed by atoms with Gasteiger partial charge in [-0.1, -0.05) is 6.92 Å². The monoisotopic (exact) mass is 560 g/mol. The fourth-order valence-corrected chi connectivity index (χ4v) is 5.82. The Hall–Kier alpha value is -3.94. The second-order valence-electron chi connectivity index (χ2n) is 11.0. The van der Waals surface area contributed by atoms with Gasteiger partial charge < -0.3 is 15.2 Å². The fourth-order valence-electron chi connectivity index (χ4n) is 5.82. The zero-order valence-corrected chi connectivity index (χ0v) is 23.4. The van der Waals surface area contributed by atoms with Crippen LogP contribution in [0.1, 0.15) is 62.9 Å². The normalized spacial score (nSPS) is 20.8. The molecular formula is C31H34F2N6O2. The molecule has 0 amide bonds. The first-order valence-electron chi connectivity index (χ1n) is 13.9. The van der Waals surface area contributed by atoms with Crippen LogP contribution in [0.4, 0.5) is 8.78 Å². The molecule has 3 aromatic heterocycles. The Morgan fingerprint density at radius 3 is 2.63 bits per heavy atom. The third-order valence-corrected chi connectivity index (χ3v) is 7.55. The molecule has 1 fully saturated rings. The van der Waals surface area contributed by atoms with Crippen LogP contribution in [-0.2, 0) is 11.2 Å². The lowest BCUT2D eigenvalue weighted by molar-refractivity contribution is -0.0199. The highest BCUT2D eigenvalue weighted by molar-refractivity contribution is 5.64. The van der Waals surface area contributed by atoms with Crippen molar-refractivity contribution in [3.05, 3.63) is 77.5 Å². The van der Waals surface area contributed by atoms with Crippen LogP contribution in [0.2, 0.25) is 0 Å². The standard InChI is InChI=1S/C31H34F2N6O2/c1-18(2)41-23-14-25(32)30(26(33)15-23)28-6-5-22-17-37-29(39(22)38-28)13-21-16-36-9-7-24(21)20-11-19(3)31(27(35)12-20)40-10-4-8-34/h5-7,9,14-20,27,31H,4,10-13,35H2,1-3H3/t19-,20+,27+,31-/m0/s1. The van der Waals surface area contributed by atoms with Crippen molar-refractivity contribution in [2.45, 2.75) is 70.6 Å². The quantitative estimate of drug-likeness (QED) is 0.266. The van der Waals surface area contributed by atoms with Crippen molar-refractivity contribution in [1.82, 2.24) is 19.6 Å². The van der Waals surface area contributed by atoms with E-state index in [9.17, 15) is 0 Å². The van der Waals surface area contributed by atoms with Gasteiger partial charge in [-0.25, -0.2) is 18.3 Å². The molecule has 8 nitrogen and oxygen atoms in total. The Morgan fingerprint density at radius 1 is 1.15 bits per heavy atom. The maximum Gasteiger partial charge on any atom is 0.139 e. The summed E-state index contributed by atoms with van der Waals surface area (Å²) in [6.45, 7) is 6.11. The summed E-state index contributed by atoms with van der Waals surface area (Å²) in [5.74, 6) is -0.310. The maximum absolute atomic E-state index is 15.0. The van der Waals surface area contributed by atoms with Gasteiger partial charge in [0.1, 0.15) is 23.2 Å². The van der Waals surface area contributed by atoms with Gasteiger partial charge in [0.2, 0.25) is 0 Å². The molecule has 10 heteroatoms. The molecule has 214 valence electrons. The van der Waals surface area contributed by atoms with E-state index in [4.69, 9.17) is 20.5 Å². The number of hydrogen-bond acceptors (Lipinski definition) is 7. The van der Waals surface area contributed by atoms with Crippen molar-refractivity contribution in [1.29, 1.82) is 5.26 Å². The lowest BCUT2D eigenvalue weighted by atomic mass is 9.73. The number of rotatable bonds is 9. The number of halogens is 2. The molecule has 1 aliphatic rings. The van der Waals surface area contributed by atoms with E-state index in [2.05, 4.69) is 28.1 Å². The predicted octanol–water partition coefficient (Wildman–Crippen LogP) is 5.59. The van der Waals surface area contributed by atoms with Gasteiger partial charge in [0.15, 0.2) is 0 Å². The molecule has 0 bridgehead atoms. The molecule has 1 saturated carbocycles. The van der Waals surface area contributed by atoms with Crippen molar-refractivity contribution in [3.63, 3.8) is 0 Å². The zero-order chi connectivity index (χ0) is 29.1. The molecule has 0 saturated heterocycles. The number of fused-ring (bicyclic) bond motifs is 1. The van der Waals surface area contributed by atoms with Crippen molar-refractivity contribution in [2.24, 2.45) is 11.7 Å². The number of nitrogens with two attached hydrogens (primary N) is 1. The highest BCUT2D eigenvalue weighted by Crippen LogP contribution is 2.39. The van der Waals surface area contributed by atoms with Crippen molar-refractivity contribution < 1.29 is 18.3 Å². The average molecular weight is 561 g/mol. The Morgan fingerprint density at radius 2 is 1.93 bits per heavy atom. The Kier molecular flexibility index (Phi) is 8.57. The SMILES string of the molecule is CC(C)Oc1cc(F)c(-c2ccc3cnc(Cc4cnccc4[C@H]4C[C@@H](N)[C@@H](OCCC#N)[C@@H](C)C4)n3n2)c(F)c1. The van der Waals surface area contributed by atoms with Crippen molar-refractivity contribution >= 4 is 5.52 Å². The summed E-state index contributed by atoms with van der Waals surface area (Å²) in [7, 11) is 0. The number of hydrogen-bond donors (Lipinski definition) is 1. The first kappa shape index (κ1) is 28.6. The predicted molar refractivity (Wildman–Crippen MR) is 150 cm³/mol. The first-order chi connectivity index (χ1) is 19.7. The Balaban J connectivity index is 1.41. The number of nitriles is 1. The van der Waals surface area contributed by atoms with E-state index in [1.807, 2.05) is 12.3 Å². The fraction of sp³-hybridized carbons (Fsp3) is 0.419. The number of pyridine rings is 1. The number of nitrogens with zero attached hydrogens (tertiary/aromatic N) is 5. The van der Waals surface area contributed by atoms with E-state index < -0.39 is 11.6 Å². The Labute approximate surface area is 238 Å². The van der Waals surface area contributed by atoms with Crippen LogP contribution in [0.3, 0.4) is 0 Å². The van der Waals surface area contributed by atoms with E-state index in [0.29, 0.717) is 30.8 Å². The molecule has 3 heterocycles. The third kappa shape index (κ3) is 6.21. The molecule has 0 radical (unpaired) electrons. The summed E-state index contributed by atoms with van der Waals surface area (Å²) < 4.78 is 43.1. The molecule has 2 N–H and O–H groups in total. The topological polar surface area (TPSA) is 111 Å². The van der Waals surface area contributed by atoms with Gasteiger partial charge in [-0.15, -0.1) is 0 Å². The van der Waals surface area contributed by atoms with Gasteiger partial charge in [-0.05, 0) is 67.9 Å². The molecule has 0 unspecified atom stereocenters. The summed E-state index contributed by atoms with van der Waals surface area (Å²) in [4.78, 5) is 8.95. The van der Waals surface area contributed by atoms with Gasteiger partial charge in [0.25, 0.3) is 0 Å². The van der Waals surface area contributed by atoms with Gasteiger partial charge >= 0.3 is 0 Å². The van der Waals surface area contributed by atoms with Crippen LogP contribution in [0, 0.1) is 28.9 Å². The van der Waals surface area contributed by atoms with Crippen LogP contribution in [0.15, 0.2) is 48.9 Å². The van der Waals surface area contributed by atoms with E-state index in [1.165, 1.54) is 12.1 Å². The van der Waals surface area contributed by atoms with Crippen LogP contribution < -0.4 is 10.5 Å². The van der Waals surface area contributed by atoms with Gasteiger partial charge in [-0.3, -0.25) is 4.98 Å². The minimum Gasteiger partial charge on any atom is -0.491 e. The summed E-state index contributed by atoms with van der Waals surface area (Å²) in [6, 6.07) is 9.67. The molecule has 4 aromatic rings. The van der Waals surface area contributed by atoms with Gasteiger partial charge in [0, 0.05) is 37.0 Å². The van der Waals surface area contributed by atoms with Gasteiger partial charge in [0.05, 0.1) is 54.3 Å². The highest BCUT2D eigenvalue weighted by Gasteiger charge is 2.35. The zero-order valence-electron chi connectivity index (χ0n) is 23.4. The van der Waals surface area contributed by atoms with Gasteiger partial charge in [-0.2, -0.15) is 10.4 Å². The molecule has 4 atom stereocenters. The highest BCUT2D eigenvalue weighted by atomic mass is 19.1. The number of ether oxygens (including phenoxy) is 2. The first-order valence-corrected chi connectivity index (χ1v) is 13.9. The largest absolute Gasteiger partial charge is 0.491 e. The van der Waals surface area contributed by atoms with Crippen LogP contribution in [-0.4, -0.2) is 44.4 Å². The minimum atomic E-state index is -0.749. The third-order valence-electron chi connectivity index (χ3n) is 7.55. The molecule has 1 aromatic carbocycles. The second-order valence-corrected chi connectivity index (χ2v) is 11.0. The molecule has 5 rings (SSSR count). The number of imidazole rings is 1. The lowest BCUT2D eigenvalue weighted by Crippen LogP contribution is -2.46. The molecular weight excluding hydrogens is 526 g/mol. The van der Waals surface area contributed by atoms with Crippen molar-refractivity contribution in [3.8, 4) is 23.1 Å². The van der Waals surface area contributed by atoms with Crippen LogP contribution in [0.25, 0.3) is 16.8 Å². The second kappa shape index (κ2) is 12.3. The minimum absolute atomic E-state index is 0.0875. The smallest absolute Gasteiger partial charge is 0.139 e. The maximum atomic E-state index is 15.0. The van der Waals surface area contributed by atoms with Crippen LogP contribution in [0.5, 0.6) is 5.75 Å². The summed E-state index contributed by atoms with van der Waals surface area (Å²) >= 11 is 0. The van der Waals surface area contributed by atoms with E-state index >= 15 is 8.78 Å². The van der Waals surface area contributed by atoms with E-state index in [-0.39, 0.29) is 47.1 Å². The number of aromatic nitrogens is 4. The van der Waals surface area contributed by atoms with E-state index in [0.717, 1.165) is 24.0 Å². The Bertz CT molecular complexity index is 1530. The van der Waals surface area contributed by atoms with E-state index in [1.54, 1.807) is 42.9 Å². The molecule has 1 aliphatic carbocycles.